The third-order valence-electron chi connectivity index (χ3n) is 3.51. The Morgan fingerprint density at radius 2 is 1.76 bits per heavy atom. The predicted octanol–water partition coefficient (Wildman–Crippen LogP) is 4.12. The van der Waals surface area contributed by atoms with E-state index in [9.17, 15) is 9.90 Å². The fraction of sp³-hybridized carbons (Fsp3) is 0.250. The van der Waals surface area contributed by atoms with E-state index >= 15 is 0 Å². The average molecular weight is 342 g/mol. The maximum Gasteiger partial charge on any atom is 0.336 e. The molecule has 0 radical (unpaired) electrons. The van der Waals surface area contributed by atoms with Gasteiger partial charge in [0.1, 0.15) is 17.2 Å². The number of carboxylic acids is 1. The van der Waals surface area contributed by atoms with Crippen LogP contribution in [0.4, 0.5) is 0 Å². The van der Waals surface area contributed by atoms with E-state index in [1.54, 1.807) is 31.4 Å². The van der Waals surface area contributed by atoms with Gasteiger partial charge in [0, 0.05) is 17.2 Å². The number of carbonyl (C=O) groups is 1. The molecule has 132 valence electrons. The largest absolute Gasteiger partial charge is 0.497 e. The molecule has 2 rings (SSSR count). The molecule has 0 aliphatic carbocycles. The van der Waals surface area contributed by atoms with Crippen LogP contribution in [0.5, 0.6) is 17.2 Å². The predicted molar refractivity (Wildman–Crippen MR) is 97.3 cm³/mol. The minimum atomic E-state index is -1.05. The van der Waals surface area contributed by atoms with Crippen LogP contribution in [0.15, 0.2) is 42.5 Å². The molecule has 0 bridgehead atoms. The van der Waals surface area contributed by atoms with E-state index in [4.69, 9.17) is 14.2 Å². The van der Waals surface area contributed by atoms with E-state index in [1.165, 1.54) is 7.11 Å². The topological polar surface area (TPSA) is 65.0 Å². The number of rotatable bonds is 7. The summed E-state index contributed by atoms with van der Waals surface area (Å²) in [5.41, 5.74) is 1.26. The second kappa shape index (κ2) is 8.24. The van der Waals surface area contributed by atoms with Crippen molar-refractivity contribution in [2.45, 2.75) is 20.0 Å². The summed E-state index contributed by atoms with van der Waals surface area (Å²) in [6.45, 7) is 3.84. The summed E-state index contributed by atoms with van der Waals surface area (Å²) in [6, 6.07) is 12.3. The van der Waals surface area contributed by atoms with Crippen LogP contribution in [-0.4, -0.2) is 31.4 Å². The van der Waals surface area contributed by atoms with Gasteiger partial charge < -0.3 is 19.3 Å². The number of hydrogen-bond donors (Lipinski definition) is 1. The highest BCUT2D eigenvalue weighted by Gasteiger charge is 2.17. The number of hydrogen-bond acceptors (Lipinski definition) is 4. The monoisotopic (exact) mass is 342 g/mol. The van der Waals surface area contributed by atoms with E-state index in [2.05, 4.69) is 0 Å². The van der Waals surface area contributed by atoms with Gasteiger partial charge in [-0.25, -0.2) is 4.79 Å². The molecule has 0 aliphatic rings. The molecule has 1 N–H and O–H groups in total. The molecule has 0 amide bonds. The first-order valence-corrected chi connectivity index (χ1v) is 7.89. The summed E-state index contributed by atoms with van der Waals surface area (Å²) in [6.07, 6.45) is 1.57. The van der Waals surface area contributed by atoms with Crippen molar-refractivity contribution in [3.63, 3.8) is 0 Å². The molecule has 5 nitrogen and oxygen atoms in total. The Hall–Kier alpha value is -2.95. The molecule has 0 unspecified atom stereocenters. The first-order valence-electron chi connectivity index (χ1n) is 7.89. The van der Waals surface area contributed by atoms with Crippen LogP contribution in [0.3, 0.4) is 0 Å². The van der Waals surface area contributed by atoms with E-state index in [0.29, 0.717) is 28.4 Å². The van der Waals surface area contributed by atoms with Gasteiger partial charge in [0.15, 0.2) is 0 Å². The first kappa shape index (κ1) is 18.4. The van der Waals surface area contributed by atoms with Crippen LogP contribution in [-0.2, 0) is 4.79 Å². The number of benzene rings is 2. The zero-order valence-electron chi connectivity index (χ0n) is 14.8. The van der Waals surface area contributed by atoms with Crippen LogP contribution in [0.25, 0.3) is 11.6 Å². The number of methoxy groups -OCH3 is 2. The summed E-state index contributed by atoms with van der Waals surface area (Å²) in [7, 11) is 3.04. The second-order valence-corrected chi connectivity index (χ2v) is 5.63. The molecular weight excluding hydrogens is 320 g/mol. The molecule has 0 aromatic heterocycles. The standard InChI is InChI=1S/C20H22O5/c1-13(2)25-18-8-6-5-7-14(18)11-17(20(21)22)16-10-9-15(23-3)12-19(16)24-4/h5-13H,1-4H3,(H,21,22)/b17-11-. The highest BCUT2D eigenvalue weighted by atomic mass is 16.5. The lowest BCUT2D eigenvalue weighted by molar-refractivity contribution is -0.130. The van der Waals surface area contributed by atoms with Gasteiger partial charge in [-0.3, -0.25) is 0 Å². The Morgan fingerprint density at radius 3 is 2.36 bits per heavy atom. The van der Waals surface area contributed by atoms with Crippen LogP contribution >= 0.6 is 0 Å². The average Bonchev–Trinajstić information content (AvgIpc) is 2.59. The van der Waals surface area contributed by atoms with E-state index in [-0.39, 0.29) is 11.7 Å². The molecule has 0 atom stereocenters. The van der Waals surface area contributed by atoms with E-state index in [1.807, 2.05) is 38.1 Å². The highest BCUT2D eigenvalue weighted by molar-refractivity contribution is 6.21. The third kappa shape index (κ3) is 4.53. The summed E-state index contributed by atoms with van der Waals surface area (Å²) >= 11 is 0. The molecule has 2 aromatic carbocycles. The van der Waals surface area contributed by atoms with Gasteiger partial charge in [-0.05, 0) is 38.1 Å². The van der Waals surface area contributed by atoms with Crippen LogP contribution in [0.1, 0.15) is 25.0 Å². The summed E-state index contributed by atoms with van der Waals surface area (Å²) in [5.74, 6) is 0.593. The molecule has 0 saturated carbocycles. The van der Waals surface area contributed by atoms with Gasteiger partial charge in [-0.2, -0.15) is 0 Å². The minimum Gasteiger partial charge on any atom is -0.497 e. The van der Waals surface area contributed by atoms with Crippen molar-refractivity contribution in [3.05, 3.63) is 53.6 Å². The van der Waals surface area contributed by atoms with Gasteiger partial charge in [0.05, 0.1) is 25.9 Å². The Labute approximate surface area is 147 Å². The molecule has 5 heteroatoms. The molecule has 0 spiro atoms. The Bertz CT molecular complexity index is 777. The summed E-state index contributed by atoms with van der Waals surface area (Å²) in [4.78, 5) is 11.9. The number of aliphatic carboxylic acids is 1. The Balaban J connectivity index is 2.57. The van der Waals surface area contributed by atoms with Gasteiger partial charge >= 0.3 is 5.97 Å². The number of ether oxygens (including phenoxy) is 3. The lowest BCUT2D eigenvalue weighted by Gasteiger charge is -2.14. The zero-order valence-corrected chi connectivity index (χ0v) is 14.8. The van der Waals surface area contributed by atoms with Crippen molar-refractivity contribution in [1.82, 2.24) is 0 Å². The smallest absolute Gasteiger partial charge is 0.336 e. The Kier molecular flexibility index (Phi) is 6.06. The lowest BCUT2D eigenvalue weighted by atomic mass is 10.0. The van der Waals surface area contributed by atoms with Crippen molar-refractivity contribution >= 4 is 17.6 Å². The molecule has 2 aromatic rings. The molecule has 25 heavy (non-hydrogen) atoms. The zero-order chi connectivity index (χ0) is 18.4. The van der Waals surface area contributed by atoms with Gasteiger partial charge in [0.2, 0.25) is 0 Å². The van der Waals surface area contributed by atoms with Crippen molar-refractivity contribution in [2.75, 3.05) is 14.2 Å². The van der Waals surface area contributed by atoms with Crippen molar-refractivity contribution < 1.29 is 24.1 Å². The highest BCUT2D eigenvalue weighted by Crippen LogP contribution is 2.33. The summed E-state index contributed by atoms with van der Waals surface area (Å²) in [5, 5.41) is 9.71. The SMILES string of the molecule is COc1ccc(/C(=C/c2ccccc2OC(C)C)C(=O)O)c(OC)c1. The van der Waals surface area contributed by atoms with Crippen LogP contribution in [0, 0.1) is 0 Å². The molecule has 0 fully saturated rings. The molecule has 0 saturated heterocycles. The maximum absolute atomic E-state index is 11.9. The quantitative estimate of drug-likeness (QED) is 0.606. The fourth-order valence-corrected chi connectivity index (χ4v) is 2.39. The number of carboxylic acid groups (broad SMARTS) is 1. The molecular formula is C20H22O5. The summed E-state index contributed by atoms with van der Waals surface area (Å²) < 4.78 is 16.3. The normalized spacial score (nSPS) is 11.3. The third-order valence-corrected chi connectivity index (χ3v) is 3.51. The lowest BCUT2D eigenvalue weighted by Crippen LogP contribution is -2.07. The Morgan fingerprint density at radius 1 is 1.04 bits per heavy atom. The fourth-order valence-electron chi connectivity index (χ4n) is 2.39. The van der Waals surface area contributed by atoms with E-state index < -0.39 is 5.97 Å². The van der Waals surface area contributed by atoms with Crippen molar-refractivity contribution in [1.29, 1.82) is 0 Å². The van der Waals surface area contributed by atoms with Crippen molar-refractivity contribution in [3.8, 4) is 17.2 Å². The van der Waals surface area contributed by atoms with Gasteiger partial charge in [-0.15, -0.1) is 0 Å². The number of para-hydroxylation sites is 1. The van der Waals surface area contributed by atoms with E-state index in [0.717, 1.165) is 0 Å². The molecule has 0 aliphatic heterocycles. The second-order valence-electron chi connectivity index (χ2n) is 5.63. The maximum atomic E-state index is 11.9. The van der Waals surface area contributed by atoms with Crippen LogP contribution < -0.4 is 14.2 Å². The van der Waals surface area contributed by atoms with Crippen molar-refractivity contribution in [2.24, 2.45) is 0 Å². The first-order chi connectivity index (χ1) is 12.0. The van der Waals surface area contributed by atoms with Gasteiger partial charge in [-0.1, -0.05) is 18.2 Å². The molecule has 0 heterocycles. The van der Waals surface area contributed by atoms with Crippen LogP contribution in [0.2, 0.25) is 0 Å². The van der Waals surface area contributed by atoms with Gasteiger partial charge in [0.25, 0.3) is 0 Å². The minimum absolute atomic E-state index is 0.0154.